The summed E-state index contributed by atoms with van der Waals surface area (Å²) in [6, 6.07) is 0. The lowest BCUT2D eigenvalue weighted by molar-refractivity contribution is 0.686. The van der Waals surface area contributed by atoms with Crippen LogP contribution in [0.3, 0.4) is 0 Å². The molecule has 1 aromatic rings. The first kappa shape index (κ1) is 10.2. The minimum Gasteiger partial charge on any atom is -0.329 e. The summed E-state index contributed by atoms with van der Waals surface area (Å²) >= 11 is 0. The lowest BCUT2D eigenvalue weighted by Crippen LogP contribution is -2.22. The van der Waals surface area contributed by atoms with Gasteiger partial charge >= 0.3 is 0 Å². The summed E-state index contributed by atoms with van der Waals surface area (Å²) in [5, 5.41) is 7.60. The molecule has 0 saturated carbocycles. The van der Waals surface area contributed by atoms with Gasteiger partial charge in [0.05, 0.1) is 5.69 Å². The van der Waals surface area contributed by atoms with Gasteiger partial charge in [-0.15, -0.1) is 0 Å². The van der Waals surface area contributed by atoms with Crippen LogP contribution < -0.4 is 11.1 Å². The number of nitrogens with zero attached hydrogens (tertiary/aromatic N) is 2. The first-order valence-electron chi connectivity index (χ1n) is 4.56. The van der Waals surface area contributed by atoms with Crippen molar-refractivity contribution in [2.75, 3.05) is 13.1 Å². The molecule has 0 aliphatic heterocycles. The van der Waals surface area contributed by atoms with Crippen molar-refractivity contribution >= 4 is 0 Å². The third-order valence-electron chi connectivity index (χ3n) is 2.28. The van der Waals surface area contributed by atoms with Crippen molar-refractivity contribution in [3.05, 3.63) is 17.0 Å². The van der Waals surface area contributed by atoms with E-state index < -0.39 is 0 Å². The molecule has 0 amide bonds. The van der Waals surface area contributed by atoms with Crippen molar-refractivity contribution in [2.24, 2.45) is 12.8 Å². The maximum Gasteiger partial charge on any atom is 0.0641 e. The molecule has 0 bridgehead atoms. The zero-order chi connectivity index (χ0) is 9.84. The van der Waals surface area contributed by atoms with Gasteiger partial charge < -0.3 is 11.1 Å². The van der Waals surface area contributed by atoms with Crippen molar-refractivity contribution in [1.29, 1.82) is 0 Å². The summed E-state index contributed by atoms with van der Waals surface area (Å²) in [6.45, 7) is 6.51. The predicted molar refractivity (Wildman–Crippen MR) is 53.4 cm³/mol. The van der Waals surface area contributed by atoms with E-state index in [1.165, 1.54) is 11.3 Å². The van der Waals surface area contributed by atoms with E-state index in [2.05, 4.69) is 17.3 Å². The normalized spacial score (nSPS) is 10.8. The Hall–Kier alpha value is -0.870. The Morgan fingerprint density at radius 3 is 2.62 bits per heavy atom. The Kier molecular flexibility index (Phi) is 3.45. The average molecular weight is 182 g/mol. The van der Waals surface area contributed by atoms with E-state index in [-0.39, 0.29) is 0 Å². The molecule has 1 rings (SSSR count). The molecule has 0 aromatic carbocycles. The summed E-state index contributed by atoms with van der Waals surface area (Å²) < 4.78 is 1.91. The van der Waals surface area contributed by atoms with Gasteiger partial charge in [-0.25, -0.2) is 0 Å². The summed E-state index contributed by atoms with van der Waals surface area (Å²) in [6.07, 6.45) is 0. The highest BCUT2D eigenvalue weighted by Gasteiger charge is 2.07. The molecule has 1 heterocycles. The molecular formula is C9H18N4. The summed E-state index contributed by atoms with van der Waals surface area (Å²) in [4.78, 5) is 0. The fourth-order valence-electron chi connectivity index (χ4n) is 1.39. The predicted octanol–water partition coefficient (Wildman–Crippen LogP) is 0.0852. The first-order valence-corrected chi connectivity index (χ1v) is 4.56. The van der Waals surface area contributed by atoms with Crippen molar-refractivity contribution in [1.82, 2.24) is 15.1 Å². The van der Waals surface area contributed by atoms with Gasteiger partial charge in [-0.1, -0.05) is 0 Å². The second-order valence-electron chi connectivity index (χ2n) is 3.24. The van der Waals surface area contributed by atoms with Gasteiger partial charge in [-0.05, 0) is 13.8 Å². The van der Waals surface area contributed by atoms with E-state index in [1.807, 2.05) is 18.7 Å². The fourth-order valence-corrected chi connectivity index (χ4v) is 1.39. The smallest absolute Gasteiger partial charge is 0.0641 e. The van der Waals surface area contributed by atoms with Crippen LogP contribution in [-0.4, -0.2) is 22.9 Å². The molecule has 0 spiro atoms. The Bertz CT molecular complexity index is 277. The molecule has 0 aliphatic carbocycles. The summed E-state index contributed by atoms with van der Waals surface area (Å²) in [5.41, 5.74) is 9.00. The average Bonchev–Trinajstić information content (AvgIpc) is 2.32. The number of aryl methyl sites for hydroxylation is 2. The van der Waals surface area contributed by atoms with Gasteiger partial charge in [0, 0.05) is 37.9 Å². The van der Waals surface area contributed by atoms with Gasteiger partial charge in [-0.3, -0.25) is 4.68 Å². The summed E-state index contributed by atoms with van der Waals surface area (Å²) in [5.74, 6) is 0. The van der Waals surface area contributed by atoms with E-state index in [1.54, 1.807) is 0 Å². The minimum atomic E-state index is 0.679. The number of hydrogen-bond acceptors (Lipinski definition) is 3. The number of rotatable bonds is 4. The van der Waals surface area contributed by atoms with Crippen LogP contribution in [-0.2, 0) is 13.6 Å². The molecule has 4 heteroatoms. The molecule has 13 heavy (non-hydrogen) atoms. The maximum atomic E-state index is 5.39. The van der Waals surface area contributed by atoms with Crippen molar-refractivity contribution < 1.29 is 0 Å². The lowest BCUT2D eigenvalue weighted by atomic mass is 10.2. The van der Waals surface area contributed by atoms with E-state index >= 15 is 0 Å². The molecule has 1 aromatic heterocycles. The van der Waals surface area contributed by atoms with Crippen LogP contribution in [0.4, 0.5) is 0 Å². The monoisotopic (exact) mass is 182 g/mol. The Morgan fingerprint density at radius 1 is 1.46 bits per heavy atom. The zero-order valence-electron chi connectivity index (χ0n) is 8.59. The van der Waals surface area contributed by atoms with Crippen LogP contribution in [0, 0.1) is 13.8 Å². The second-order valence-corrected chi connectivity index (χ2v) is 3.24. The van der Waals surface area contributed by atoms with E-state index in [4.69, 9.17) is 5.73 Å². The number of hydrogen-bond donors (Lipinski definition) is 2. The van der Waals surface area contributed by atoms with Gasteiger partial charge in [0.2, 0.25) is 0 Å². The van der Waals surface area contributed by atoms with Gasteiger partial charge in [0.1, 0.15) is 0 Å². The minimum absolute atomic E-state index is 0.679. The highest BCUT2D eigenvalue weighted by Crippen LogP contribution is 2.10. The van der Waals surface area contributed by atoms with E-state index in [0.717, 1.165) is 18.8 Å². The molecule has 0 radical (unpaired) electrons. The SMILES string of the molecule is Cc1nn(C)c(C)c1CNCCN. The number of nitrogens with two attached hydrogens (primary N) is 1. The number of nitrogens with one attached hydrogen (secondary N) is 1. The standard InChI is InChI=1S/C9H18N4/c1-7-9(6-11-5-4-10)8(2)13(3)12-7/h11H,4-6,10H2,1-3H3. The Labute approximate surface area is 79.1 Å². The molecule has 3 N–H and O–H groups in total. The van der Waals surface area contributed by atoms with E-state index in [0.29, 0.717) is 6.54 Å². The third kappa shape index (κ3) is 2.29. The van der Waals surface area contributed by atoms with Gasteiger partial charge in [-0.2, -0.15) is 5.10 Å². The van der Waals surface area contributed by atoms with Crippen LogP contribution in [0.1, 0.15) is 17.0 Å². The Morgan fingerprint density at radius 2 is 2.15 bits per heavy atom. The second kappa shape index (κ2) is 4.39. The van der Waals surface area contributed by atoms with Crippen molar-refractivity contribution in [3.63, 3.8) is 0 Å². The molecule has 0 saturated heterocycles. The summed E-state index contributed by atoms with van der Waals surface area (Å²) in [7, 11) is 1.97. The van der Waals surface area contributed by atoms with Crippen molar-refractivity contribution in [2.45, 2.75) is 20.4 Å². The molecular weight excluding hydrogens is 164 g/mol. The van der Waals surface area contributed by atoms with Crippen LogP contribution in [0.2, 0.25) is 0 Å². The highest BCUT2D eigenvalue weighted by atomic mass is 15.3. The van der Waals surface area contributed by atoms with Gasteiger partial charge in [0.15, 0.2) is 0 Å². The van der Waals surface area contributed by atoms with Crippen LogP contribution in [0.25, 0.3) is 0 Å². The largest absolute Gasteiger partial charge is 0.329 e. The van der Waals surface area contributed by atoms with Gasteiger partial charge in [0.25, 0.3) is 0 Å². The topological polar surface area (TPSA) is 55.9 Å². The zero-order valence-corrected chi connectivity index (χ0v) is 8.59. The Balaban J connectivity index is 2.64. The third-order valence-corrected chi connectivity index (χ3v) is 2.28. The maximum absolute atomic E-state index is 5.39. The lowest BCUT2D eigenvalue weighted by Gasteiger charge is -2.03. The highest BCUT2D eigenvalue weighted by molar-refractivity contribution is 5.23. The van der Waals surface area contributed by atoms with Crippen LogP contribution in [0.15, 0.2) is 0 Å². The quantitative estimate of drug-likeness (QED) is 0.649. The molecule has 4 nitrogen and oxygen atoms in total. The van der Waals surface area contributed by atoms with Crippen LogP contribution >= 0.6 is 0 Å². The van der Waals surface area contributed by atoms with E-state index in [9.17, 15) is 0 Å². The molecule has 0 fully saturated rings. The molecule has 0 atom stereocenters. The first-order chi connectivity index (χ1) is 6.16. The fraction of sp³-hybridized carbons (Fsp3) is 0.667. The van der Waals surface area contributed by atoms with Crippen molar-refractivity contribution in [3.8, 4) is 0 Å². The molecule has 0 unspecified atom stereocenters. The number of aromatic nitrogens is 2. The van der Waals surface area contributed by atoms with Crippen LogP contribution in [0.5, 0.6) is 0 Å². The molecule has 0 aliphatic rings. The molecule has 74 valence electrons.